The number of anilines is 2. The van der Waals surface area contributed by atoms with Crippen LogP contribution >= 0.6 is 12.2 Å². The third-order valence-electron chi connectivity index (χ3n) is 4.70. The number of fused-ring (bicyclic) bond motifs is 1. The number of benzene rings is 3. The summed E-state index contributed by atoms with van der Waals surface area (Å²) in [7, 11) is 0. The summed E-state index contributed by atoms with van der Waals surface area (Å²) in [6, 6.07) is 20.9. The Bertz CT molecular complexity index is 1220. The van der Waals surface area contributed by atoms with Crippen LogP contribution in [0.2, 0.25) is 0 Å². The number of nitrogen functional groups attached to an aromatic ring is 1. The van der Waals surface area contributed by atoms with Gasteiger partial charge < -0.3 is 20.6 Å². The number of imidazole rings is 1. The van der Waals surface area contributed by atoms with E-state index in [0.29, 0.717) is 28.3 Å². The van der Waals surface area contributed by atoms with Crippen LogP contribution in [0.5, 0.6) is 0 Å². The maximum Gasteiger partial charge on any atom is 0.255 e. The van der Waals surface area contributed by atoms with E-state index < -0.39 is 0 Å². The number of nitrogens with zero attached hydrogens (tertiary/aromatic N) is 1. The van der Waals surface area contributed by atoms with E-state index in [2.05, 4.69) is 33.9 Å². The Morgan fingerprint density at radius 3 is 2.61 bits per heavy atom. The zero-order valence-electron chi connectivity index (χ0n) is 15.4. The molecule has 0 spiro atoms. The zero-order valence-corrected chi connectivity index (χ0v) is 16.2. The lowest BCUT2D eigenvalue weighted by atomic mass is 10.1. The van der Waals surface area contributed by atoms with Gasteiger partial charge in [0.2, 0.25) is 0 Å². The number of aryl methyl sites for hydroxylation is 1. The quantitative estimate of drug-likeness (QED) is 0.344. The summed E-state index contributed by atoms with van der Waals surface area (Å²) in [4.78, 5) is 15.7. The van der Waals surface area contributed by atoms with Crippen LogP contribution in [0.1, 0.15) is 21.5 Å². The van der Waals surface area contributed by atoms with Gasteiger partial charge in [0.15, 0.2) is 4.77 Å². The largest absolute Gasteiger partial charge is 0.397 e. The van der Waals surface area contributed by atoms with Crippen molar-refractivity contribution in [2.24, 2.45) is 0 Å². The molecule has 4 aromatic rings. The van der Waals surface area contributed by atoms with Crippen LogP contribution in [0, 0.1) is 11.7 Å². The van der Waals surface area contributed by atoms with Crippen molar-refractivity contribution >= 4 is 40.5 Å². The Morgan fingerprint density at radius 1 is 1.11 bits per heavy atom. The van der Waals surface area contributed by atoms with Crippen molar-refractivity contribution in [3.8, 4) is 0 Å². The lowest BCUT2D eigenvalue weighted by molar-refractivity contribution is 0.102. The molecule has 3 aromatic carbocycles. The van der Waals surface area contributed by atoms with Gasteiger partial charge >= 0.3 is 0 Å². The van der Waals surface area contributed by atoms with Crippen molar-refractivity contribution in [1.82, 2.24) is 9.55 Å². The Morgan fingerprint density at radius 2 is 1.86 bits per heavy atom. The van der Waals surface area contributed by atoms with Crippen molar-refractivity contribution in [3.63, 3.8) is 0 Å². The van der Waals surface area contributed by atoms with Gasteiger partial charge in [-0.05, 0) is 66.7 Å². The van der Waals surface area contributed by atoms with Crippen LogP contribution in [0.3, 0.4) is 0 Å². The van der Waals surface area contributed by atoms with Gasteiger partial charge in [-0.25, -0.2) is 0 Å². The van der Waals surface area contributed by atoms with Gasteiger partial charge in [0.25, 0.3) is 5.91 Å². The molecule has 0 aliphatic carbocycles. The number of aromatic amines is 1. The van der Waals surface area contributed by atoms with Crippen LogP contribution < -0.4 is 11.1 Å². The van der Waals surface area contributed by atoms with E-state index in [1.807, 2.05) is 42.5 Å². The van der Waals surface area contributed by atoms with E-state index in [-0.39, 0.29) is 5.91 Å². The van der Waals surface area contributed by atoms with E-state index in [4.69, 9.17) is 18.0 Å². The normalized spacial score (nSPS) is 10.9. The molecule has 0 fully saturated rings. The first kappa shape index (κ1) is 18.0. The molecular formula is C22H20N4OS. The first-order valence-electron chi connectivity index (χ1n) is 8.95. The van der Waals surface area contributed by atoms with Gasteiger partial charge in [-0.2, -0.15) is 0 Å². The topological polar surface area (TPSA) is 75.8 Å². The molecule has 1 amide bonds. The lowest BCUT2D eigenvalue weighted by Gasteiger charge is -2.09. The number of carbonyl (C=O) groups excluding carboxylic acids is 1. The second kappa shape index (κ2) is 7.32. The number of carbonyl (C=O) groups is 1. The smallest absolute Gasteiger partial charge is 0.255 e. The van der Waals surface area contributed by atoms with Gasteiger partial charge in [-0.1, -0.05) is 30.3 Å². The standard InChI is InChI=1S/C22H20N4OS/c1-14-6-11-19-20(12-14)26(22(28)25-19)13-15-7-9-16(10-8-15)21(27)24-18-5-3-2-4-17(18)23/h2-12H,13,23H2,1H3,(H,24,27)(H,25,28). The summed E-state index contributed by atoms with van der Waals surface area (Å²) in [5.74, 6) is -0.191. The molecule has 5 nitrogen and oxygen atoms in total. The number of para-hydroxylation sites is 2. The molecule has 4 N–H and O–H groups in total. The highest BCUT2D eigenvalue weighted by Crippen LogP contribution is 2.20. The fourth-order valence-corrected chi connectivity index (χ4v) is 3.44. The van der Waals surface area contributed by atoms with E-state index in [9.17, 15) is 4.79 Å². The molecule has 0 aliphatic heterocycles. The maximum atomic E-state index is 12.5. The maximum absolute atomic E-state index is 12.5. The van der Waals surface area contributed by atoms with Crippen LogP contribution in [-0.4, -0.2) is 15.5 Å². The lowest BCUT2D eigenvalue weighted by Crippen LogP contribution is -2.13. The molecule has 0 bridgehead atoms. The first-order valence-corrected chi connectivity index (χ1v) is 9.36. The summed E-state index contributed by atoms with van der Waals surface area (Å²) in [6.07, 6.45) is 0. The molecule has 28 heavy (non-hydrogen) atoms. The second-order valence-corrected chi connectivity index (χ2v) is 7.16. The molecule has 0 saturated heterocycles. The Labute approximate surface area is 167 Å². The number of H-pyrrole nitrogens is 1. The Balaban J connectivity index is 1.55. The summed E-state index contributed by atoms with van der Waals surface area (Å²) >= 11 is 5.48. The fourth-order valence-electron chi connectivity index (χ4n) is 3.17. The van der Waals surface area contributed by atoms with Crippen LogP contribution in [-0.2, 0) is 6.54 Å². The minimum absolute atomic E-state index is 0.191. The molecule has 0 radical (unpaired) electrons. The van der Waals surface area contributed by atoms with Crippen molar-refractivity contribution in [1.29, 1.82) is 0 Å². The highest BCUT2D eigenvalue weighted by molar-refractivity contribution is 7.71. The number of aromatic nitrogens is 2. The average Bonchev–Trinajstić information content (AvgIpc) is 2.99. The third-order valence-corrected chi connectivity index (χ3v) is 5.02. The van der Waals surface area contributed by atoms with Crippen LogP contribution in [0.25, 0.3) is 11.0 Å². The van der Waals surface area contributed by atoms with Gasteiger partial charge in [-0.15, -0.1) is 0 Å². The van der Waals surface area contributed by atoms with Crippen molar-refractivity contribution in [2.75, 3.05) is 11.1 Å². The highest BCUT2D eigenvalue weighted by atomic mass is 32.1. The summed E-state index contributed by atoms with van der Waals surface area (Å²) in [6.45, 7) is 2.70. The van der Waals surface area contributed by atoms with Crippen LogP contribution in [0.15, 0.2) is 66.7 Å². The van der Waals surface area contributed by atoms with Crippen molar-refractivity contribution < 1.29 is 4.79 Å². The second-order valence-electron chi connectivity index (χ2n) is 6.78. The van der Waals surface area contributed by atoms with Crippen molar-refractivity contribution in [2.45, 2.75) is 13.5 Å². The molecule has 0 atom stereocenters. The van der Waals surface area contributed by atoms with Gasteiger partial charge in [-0.3, -0.25) is 4.79 Å². The van der Waals surface area contributed by atoms with E-state index in [1.54, 1.807) is 12.1 Å². The fraction of sp³-hybridized carbons (Fsp3) is 0.0909. The number of rotatable bonds is 4. The first-order chi connectivity index (χ1) is 13.5. The number of nitrogens with one attached hydrogen (secondary N) is 2. The molecule has 1 aromatic heterocycles. The number of hydrogen-bond donors (Lipinski definition) is 3. The summed E-state index contributed by atoms with van der Waals surface area (Å²) in [5, 5.41) is 2.84. The van der Waals surface area contributed by atoms with Gasteiger partial charge in [0.1, 0.15) is 0 Å². The van der Waals surface area contributed by atoms with E-state index >= 15 is 0 Å². The van der Waals surface area contributed by atoms with Crippen LogP contribution in [0.4, 0.5) is 11.4 Å². The predicted molar refractivity (Wildman–Crippen MR) is 116 cm³/mol. The minimum Gasteiger partial charge on any atom is -0.397 e. The summed E-state index contributed by atoms with van der Waals surface area (Å²) < 4.78 is 2.75. The van der Waals surface area contributed by atoms with Gasteiger partial charge in [0.05, 0.1) is 29.0 Å². The van der Waals surface area contributed by atoms with Gasteiger partial charge in [0, 0.05) is 5.56 Å². The highest BCUT2D eigenvalue weighted by Gasteiger charge is 2.09. The zero-order chi connectivity index (χ0) is 19.7. The SMILES string of the molecule is Cc1ccc2[nH]c(=S)n(Cc3ccc(C(=O)Nc4ccccc4N)cc3)c2c1. The Hall–Kier alpha value is -3.38. The van der Waals surface area contributed by atoms with Crippen molar-refractivity contribution in [3.05, 3.63) is 88.2 Å². The number of amides is 1. The monoisotopic (exact) mass is 388 g/mol. The summed E-state index contributed by atoms with van der Waals surface area (Å²) in [5.41, 5.74) is 12.0. The molecule has 0 saturated carbocycles. The molecule has 0 aliphatic rings. The molecular weight excluding hydrogens is 368 g/mol. The van der Waals surface area contributed by atoms with E-state index in [1.165, 1.54) is 5.56 Å². The molecule has 4 rings (SSSR count). The molecule has 140 valence electrons. The molecule has 1 heterocycles. The third kappa shape index (κ3) is 3.54. The predicted octanol–water partition coefficient (Wildman–Crippen LogP) is 4.89. The molecule has 6 heteroatoms. The Kier molecular flexibility index (Phi) is 4.71. The number of hydrogen-bond acceptors (Lipinski definition) is 3. The van der Waals surface area contributed by atoms with E-state index in [0.717, 1.165) is 16.6 Å². The molecule has 0 unspecified atom stereocenters. The minimum atomic E-state index is -0.191. The number of nitrogens with two attached hydrogens (primary N) is 1. The average molecular weight is 388 g/mol.